The Morgan fingerprint density at radius 2 is 1.00 bits per heavy atom. The maximum atomic E-state index is 2.52. The second kappa shape index (κ2) is 10.6. The Bertz CT molecular complexity index is 785. The van der Waals surface area contributed by atoms with Crippen LogP contribution in [0.2, 0.25) is 0 Å². The van der Waals surface area contributed by atoms with Gasteiger partial charge in [-0.25, -0.2) is 0 Å². The number of benzene rings is 3. The van der Waals surface area contributed by atoms with Crippen molar-refractivity contribution in [1.29, 1.82) is 0 Å². The Labute approximate surface area is 172 Å². The van der Waals surface area contributed by atoms with Crippen LogP contribution in [-0.2, 0) is 19.3 Å². The predicted molar refractivity (Wildman–Crippen MR) is 127 cm³/mol. The first-order valence-corrected chi connectivity index (χ1v) is 12.2. The molecule has 0 amide bonds. The second-order valence-electron chi connectivity index (χ2n) is 7.52. The van der Waals surface area contributed by atoms with Gasteiger partial charge < -0.3 is 0 Å². The van der Waals surface area contributed by atoms with Crippen LogP contribution in [0.4, 0.5) is 0 Å². The van der Waals surface area contributed by atoms with E-state index < -0.39 is 7.92 Å². The molecule has 28 heavy (non-hydrogen) atoms. The summed E-state index contributed by atoms with van der Waals surface area (Å²) in [6.45, 7) is 6.90. The third-order valence-corrected chi connectivity index (χ3v) is 7.81. The summed E-state index contributed by atoms with van der Waals surface area (Å²) in [4.78, 5) is 0. The molecule has 0 aliphatic rings. The van der Waals surface area contributed by atoms with Gasteiger partial charge in [-0.15, -0.1) is 0 Å². The highest BCUT2D eigenvalue weighted by Gasteiger charge is 2.22. The van der Waals surface area contributed by atoms with Gasteiger partial charge in [0.25, 0.3) is 0 Å². The fraction of sp³-hybridized carbons (Fsp3) is 0.333. The molecule has 0 fully saturated rings. The Morgan fingerprint density at radius 3 is 1.39 bits per heavy atom. The highest BCUT2D eigenvalue weighted by atomic mass is 31.1. The van der Waals surface area contributed by atoms with E-state index in [4.69, 9.17) is 0 Å². The van der Waals surface area contributed by atoms with Gasteiger partial charge in [-0.3, -0.25) is 0 Å². The third-order valence-electron chi connectivity index (χ3n) is 5.16. The molecule has 0 radical (unpaired) electrons. The summed E-state index contributed by atoms with van der Waals surface area (Å²) in [6, 6.07) is 27.4. The van der Waals surface area contributed by atoms with E-state index in [1.165, 1.54) is 54.7 Å². The number of hydrogen-bond donors (Lipinski definition) is 0. The second-order valence-corrected chi connectivity index (χ2v) is 9.67. The van der Waals surface area contributed by atoms with Crippen molar-refractivity contribution in [1.82, 2.24) is 0 Å². The number of aryl methyl sites for hydroxylation is 3. The standard InChI is InChI=1S/C27H33P/c1-4-13-22-20-23(14-5-2)27(24(21-22)15-6-3)28(25-16-9-7-10-17-25)26-18-11-8-12-19-26/h7-12,16-21H,4-6,13-15H2,1-3H3. The van der Waals surface area contributed by atoms with Gasteiger partial charge in [0.1, 0.15) is 0 Å². The fourth-order valence-electron chi connectivity index (χ4n) is 4.03. The quantitative estimate of drug-likeness (QED) is 0.377. The molecule has 146 valence electrons. The molecule has 3 aromatic rings. The minimum absolute atomic E-state index is 0.532. The largest absolute Gasteiger partial charge is 0.0651 e. The molecule has 0 atom stereocenters. The number of rotatable bonds is 9. The van der Waals surface area contributed by atoms with E-state index in [9.17, 15) is 0 Å². The van der Waals surface area contributed by atoms with E-state index in [0.29, 0.717) is 0 Å². The van der Waals surface area contributed by atoms with Crippen molar-refractivity contribution in [3.63, 3.8) is 0 Å². The first-order chi connectivity index (χ1) is 13.8. The zero-order valence-electron chi connectivity index (χ0n) is 17.6. The molecule has 0 heterocycles. The van der Waals surface area contributed by atoms with Crippen molar-refractivity contribution in [2.75, 3.05) is 0 Å². The van der Waals surface area contributed by atoms with Crippen LogP contribution in [0.15, 0.2) is 72.8 Å². The molecular weight excluding hydrogens is 355 g/mol. The average Bonchev–Trinajstić information content (AvgIpc) is 2.72. The van der Waals surface area contributed by atoms with Crippen LogP contribution in [0.3, 0.4) is 0 Å². The van der Waals surface area contributed by atoms with Crippen LogP contribution in [0.1, 0.15) is 56.7 Å². The Kier molecular flexibility index (Phi) is 7.87. The lowest BCUT2D eigenvalue weighted by molar-refractivity contribution is 0.879. The van der Waals surface area contributed by atoms with Gasteiger partial charge in [-0.2, -0.15) is 0 Å². The Hall–Kier alpha value is -1.91. The molecule has 1 heteroatoms. The van der Waals surface area contributed by atoms with Gasteiger partial charge in [0, 0.05) is 0 Å². The smallest absolute Gasteiger partial charge is 0.00868 e. The van der Waals surface area contributed by atoms with Crippen molar-refractivity contribution in [2.45, 2.75) is 59.3 Å². The van der Waals surface area contributed by atoms with Gasteiger partial charge in [0.2, 0.25) is 0 Å². The van der Waals surface area contributed by atoms with E-state index in [1.54, 1.807) is 16.4 Å². The van der Waals surface area contributed by atoms with Crippen LogP contribution in [0, 0.1) is 0 Å². The molecule has 0 spiro atoms. The van der Waals surface area contributed by atoms with Gasteiger partial charge in [0.05, 0.1) is 0 Å². The van der Waals surface area contributed by atoms with Crippen molar-refractivity contribution >= 4 is 23.8 Å². The monoisotopic (exact) mass is 388 g/mol. The average molecular weight is 389 g/mol. The SMILES string of the molecule is CCCc1cc(CCC)c(P(c2ccccc2)c2ccccc2)c(CCC)c1. The minimum atomic E-state index is -0.532. The lowest BCUT2D eigenvalue weighted by atomic mass is 9.97. The third kappa shape index (κ3) is 4.92. The molecule has 0 N–H and O–H groups in total. The summed E-state index contributed by atoms with van der Waals surface area (Å²) < 4.78 is 0. The first-order valence-electron chi connectivity index (χ1n) is 10.8. The van der Waals surface area contributed by atoms with Gasteiger partial charge in [0.15, 0.2) is 0 Å². The van der Waals surface area contributed by atoms with E-state index in [1.807, 2.05) is 0 Å². The topological polar surface area (TPSA) is 0 Å². The lowest BCUT2D eigenvalue weighted by Crippen LogP contribution is -2.26. The summed E-state index contributed by atoms with van der Waals surface area (Å²) in [7, 11) is -0.532. The molecule has 0 aliphatic heterocycles. The van der Waals surface area contributed by atoms with Crippen molar-refractivity contribution in [3.8, 4) is 0 Å². The Morgan fingerprint density at radius 1 is 0.571 bits per heavy atom. The maximum Gasteiger partial charge on any atom is -0.00868 e. The molecule has 3 rings (SSSR count). The first kappa shape index (κ1) is 20.8. The van der Waals surface area contributed by atoms with Crippen LogP contribution in [-0.4, -0.2) is 0 Å². The van der Waals surface area contributed by atoms with Crippen LogP contribution in [0.25, 0.3) is 0 Å². The molecule has 3 aromatic carbocycles. The molecular formula is C27H33P. The summed E-state index contributed by atoms with van der Waals surface area (Å²) in [6.07, 6.45) is 7.12. The van der Waals surface area contributed by atoms with Crippen LogP contribution >= 0.6 is 7.92 Å². The van der Waals surface area contributed by atoms with Crippen molar-refractivity contribution in [3.05, 3.63) is 89.5 Å². The molecule has 0 nitrogen and oxygen atoms in total. The molecule has 0 bridgehead atoms. The van der Waals surface area contributed by atoms with E-state index in [2.05, 4.69) is 93.6 Å². The zero-order chi connectivity index (χ0) is 19.8. The van der Waals surface area contributed by atoms with Crippen LogP contribution in [0.5, 0.6) is 0 Å². The zero-order valence-corrected chi connectivity index (χ0v) is 18.5. The molecule has 0 unspecified atom stereocenters. The summed E-state index contributed by atoms with van der Waals surface area (Å²) in [5.74, 6) is 0. The molecule has 0 aromatic heterocycles. The van der Waals surface area contributed by atoms with E-state index in [0.717, 1.165) is 0 Å². The molecule has 0 aliphatic carbocycles. The van der Waals surface area contributed by atoms with Gasteiger partial charge in [-0.1, -0.05) is 113 Å². The fourth-order valence-corrected chi connectivity index (χ4v) is 6.72. The highest BCUT2D eigenvalue weighted by Crippen LogP contribution is 2.37. The van der Waals surface area contributed by atoms with Crippen LogP contribution < -0.4 is 15.9 Å². The summed E-state index contributed by atoms with van der Waals surface area (Å²) in [5.41, 5.74) is 4.68. The predicted octanol–water partition coefficient (Wildman–Crippen LogP) is 6.30. The normalized spacial score (nSPS) is 11.1. The number of hydrogen-bond acceptors (Lipinski definition) is 0. The highest BCUT2D eigenvalue weighted by molar-refractivity contribution is 7.80. The van der Waals surface area contributed by atoms with Gasteiger partial charge in [-0.05, 0) is 59.8 Å². The Balaban J connectivity index is 2.25. The molecule has 0 saturated heterocycles. The minimum Gasteiger partial charge on any atom is -0.0651 e. The van der Waals surface area contributed by atoms with Crippen molar-refractivity contribution in [2.24, 2.45) is 0 Å². The van der Waals surface area contributed by atoms with E-state index >= 15 is 0 Å². The summed E-state index contributed by atoms with van der Waals surface area (Å²) >= 11 is 0. The van der Waals surface area contributed by atoms with E-state index in [-0.39, 0.29) is 0 Å². The summed E-state index contributed by atoms with van der Waals surface area (Å²) in [5, 5.41) is 4.54. The lowest BCUT2D eigenvalue weighted by Gasteiger charge is -2.26. The van der Waals surface area contributed by atoms with Crippen molar-refractivity contribution < 1.29 is 0 Å². The molecule has 0 saturated carbocycles. The van der Waals surface area contributed by atoms with Gasteiger partial charge >= 0.3 is 0 Å². The maximum absolute atomic E-state index is 2.52.